The van der Waals surface area contributed by atoms with Crippen molar-refractivity contribution < 1.29 is 0 Å². The smallest absolute Gasteiger partial charge is 0.0294 e. The van der Waals surface area contributed by atoms with Gasteiger partial charge in [-0.2, -0.15) is 0 Å². The third-order valence-corrected chi connectivity index (χ3v) is 20.7. The minimum Gasteiger partial charge on any atom is -0.146 e. The topological polar surface area (TPSA) is 0 Å². The summed E-state index contributed by atoms with van der Waals surface area (Å²) < 4.78 is 0. The maximum atomic E-state index is 7.23. The third kappa shape index (κ3) is 27.8. The molecule has 0 saturated heterocycles. The summed E-state index contributed by atoms with van der Waals surface area (Å²) in [5.41, 5.74) is -2.26. The van der Waals surface area contributed by atoms with Crippen molar-refractivity contribution in [2.45, 2.75) is 5.62 Å². The Morgan fingerprint density at radius 2 is 0.216 bits per heavy atom. The van der Waals surface area contributed by atoms with Crippen molar-refractivity contribution in [1.29, 1.82) is 0 Å². The van der Waals surface area contributed by atoms with Crippen molar-refractivity contribution >= 4 is 680 Å². The van der Waals surface area contributed by atoms with Crippen molar-refractivity contribution in [1.82, 2.24) is 0 Å². The SMILES string of the molecule is [B][B]B(B([B])[B])B(B([B])[B])B(B(B([B])[B])B([B])[B])B(B(B(B([B])[B])B([B])[B])B(B([B])[B])B([B])[B])C(B(B(B(B([B])[B])B([B])[B])B(B([B])[B])B([B])[B])B(B(B([B])[B])B([B])[B])B(B([B])[B])B([B])[B])B(B(B(B([B])[B])B([B])[B])B(B([B])[B])B([B])[B])B(B(B([B])[B])B([B])[B])B(B([B])[B])B([B])[B]. The van der Waals surface area contributed by atoms with Crippen molar-refractivity contribution in [3.63, 3.8) is 0 Å². The van der Waals surface area contributed by atoms with Gasteiger partial charge >= 0.3 is 0 Å². The Balaban J connectivity index is 14.4. The molecule has 0 heterocycles. The van der Waals surface area contributed by atoms with E-state index in [1.54, 1.807) is 0 Å². The zero-order valence-corrected chi connectivity index (χ0v) is 56.0. The second-order valence-corrected chi connectivity index (χ2v) is 27.3. The predicted molar refractivity (Wildman–Crippen MR) is 556 cm³/mol. The highest BCUT2D eigenvalue weighted by Gasteiger charge is 2.68. The first-order valence-corrected chi connectivity index (χ1v) is 32.0. The van der Waals surface area contributed by atoms with E-state index in [4.69, 9.17) is 379 Å². The van der Waals surface area contributed by atoms with Crippen LogP contribution >= 0.6 is 0 Å². The molecule has 0 nitrogen and oxygen atoms in total. The molecule has 0 bridgehead atoms. The molecule has 0 N–H and O–H groups in total. The molecule has 0 unspecified atom stereocenters. The van der Waals surface area contributed by atoms with E-state index in [1.165, 1.54) is 0 Å². The fourth-order valence-electron chi connectivity index (χ4n) is 17.4. The zero-order valence-electron chi connectivity index (χ0n) is 56.0. The first-order chi connectivity index (χ1) is 44.2. The highest BCUT2D eigenvalue weighted by molar-refractivity contribution is 8.33. The number of rotatable bonds is 47. The molecule has 0 amide bonds. The van der Waals surface area contributed by atoms with Gasteiger partial charge in [0, 0.05) is 680 Å². The maximum Gasteiger partial charge on any atom is 0.0294 e. The van der Waals surface area contributed by atoms with Gasteiger partial charge in [-0.25, -0.2) is 0 Å². The lowest BCUT2D eigenvalue weighted by molar-refractivity contribution is 1.80. The summed E-state index contributed by atoms with van der Waals surface area (Å²) in [6, 6.07) is 0. The van der Waals surface area contributed by atoms with Crippen molar-refractivity contribution in [3.8, 4) is 0 Å². The third-order valence-electron chi connectivity index (χ3n) is 20.7. The van der Waals surface area contributed by atoms with Crippen LogP contribution in [0.3, 0.4) is 0 Å². The lowest BCUT2D eigenvalue weighted by Gasteiger charge is -2.64. The van der Waals surface area contributed by atoms with Gasteiger partial charge in [0.25, 0.3) is 0 Å². The van der Waals surface area contributed by atoms with Crippen molar-refractivity contribution in [2.24, 2.45) is 0 Å². The highest BCUT2D eigenvalue weighted by atomic mass is 13.7. The molecule has 0 aliphatic heterocycles. The van der Waals surface area contributed by atoms with Gasteiger partial charge in [0.1, 0.15) is 0 Å². The molecule has 97 heavy (non-hydrogen) atoms. The van der Waals surface area contributed by atoms with Crippen LogP contribution in [0, 0.1) is 0 Å². The summed E-state index contributed by atoms with van der Waals surface area (Å²) in [5.74, 6) is 0. The van der Waals surface area contributed by atoms with Crippen LogP contribution in [-0.4, -0.2) is 680 Å². The van der Waals surface area contributed by atoms with E-state index < -0.39 is 300 Å². The fourth-order valence-corrected chi connectivity index (χ4v) is 17.4. The van der Waals surface area contributed by atoms with Gasteiger partial charge in [-0.1, -0.05) is 0 Å². The van der Waals surface area contributed by atoms with Crippen LogP contribution in [0.4, 0.5) is 0 Å². The van der Waals surface area contributed by atoms with E-state index >= 15 is 0 Å². The average Bonchev–Trinajstić information content (AvgIpc) is 3.37. The Morgan fingerprint density at radius 1 is 0.124 bits per heavy atom. The molecule has 0 fully saturated rings. The molecule has 293 valence electrons. The minimum atomic E-state index is -2.26. The molecule has 0 atom stereocenters. The summed E-state index contributed by atoms with van der Waals surface area (Å²) in [6.45, 7) is -6.44. The molecule has 0 aromatic carbocycles. The minimum absolute atomic E-state index is 1.04. The summed E-state index contributed by atoms with van der Waals surface area (Å²) in [4.78, 5) is 0. The highest BCUT2D eigenvalue weighted by Crippen LogP contribution is 2.38. The Morgan fingerprint density at radius 3 is 0.289 bits per heavy atom. The van der Waals surface area contributed by atoms with Crippen LogP contribution in [0.1, 0.15) is 0 Å². The van der Waals surface area contributed by atoms with Crippen LogP contribution in [0.2, 0.25) is 5.62 Å². The molecule has 99 radical (unpaired) electrons. The molecule has 0 aliphatic carbocycles. The quantitative estimate of drug-likeness (QED) is 0.0533. The normalized spacial score (nSPS) is 9.91. The first kappa shape index (κ1) is 103. The summed E-state index contributed by atoms with van der Waals surface area (Å²) in [6.07, 6.45) is -78.6. The molecule has 0 rings (SSSR count). The standard InChI is InChI=1S/CHB96/c2-51-79(55(3)4)97(78(49)50)85(96(76(45)46)77(47)48)54(84(94(72(37)38)73(39)40)95(74(41)42)75(43)44)1(52(80(86(56(5)6)57(7)8)87(58(9)10)59(11)12)81(88(60(13)14)61(15)16)89(62(17)18)63(19)20)53(82(90(64(21)22)65(23)24)91(66(25)26)67(27)28)83(92(68(29)30)69(31)32)93(70(33)34)71(35)36/h1H. The Labute approximate surface area is 678 Å². The molecule has 0 aromatic rings. The van der Waals surface area contributed by atoms with E-state index in [9.17, 15) is 0 Å². The van der Waals surface area contributed by atoms with E-state index in [0.717, 1.165) is 7.06 Å². The molecule has 0 spiro atoms. The number of hydrogen-bond acceptors (Lipinski definition) is 0. The van der Waals surface area contributed by atoms with Gasteiger partial charge in [0.05, 0.1) is 0 Å². The van der Waals surface area contributed by atoms with E-state index in [-0.39, 0.29) is 0 Å². The second kappa shape index (κ2) is 47.7. The molecule has 0 aliphatic rings. The van der Waals surface area contributed by atoms with Crippen molar-refractivity contribution in [3.05, 3.63) is 0 Å². The van der Waals surface area contributed by atoms with Gasteiger partial charge in [-0.15, -0.1) is 5.62 Å². The molecular formula is CHB96. The lowest BCUT2D eigenvalue weighted by Crippen LogP contribution is -2.96. The Kier molecular flexibility index (Phi) is 50.7. The monoisotopic (exact) mass is 1070 g/mol. The van der Waals surface area contributed by atoms with E-state index in [2.05, 4.69) is 0 Å². The second-order valence-electron chi connectivity index (χ2n) is 27.3. The van der Waals surface area contributed by atoms with Crippen LogP contribution in [0.25, 0.3) is 0 Å². The van der Waals surface area contributed by atoms with Crippen LogP contribution < -0.4 is 0 Å². The maximum absolute atomic E-state index is 7.23. The van der Waals surface area contributed by atoms with Crippen LogP contribution in [0.5, 0.6) is 0 Å². The van der Waals surface area contributed by atoms with E-state index in [1.807, 2.05) is 0 Å². The summed E-state index contributed by atoms with van der Waals surface area (Å²) in [5, 5.41) is 0. The van der Waals surface area contributed by atoms with Crippen molar-refractivity contribution in [2.75, 3.05) is 0 Å². The summed E-state index contributed by atoms with van der Waals surface area (Å²) in [7, 11) is 348. The van der Waals surface area contributed by atoms with Gasteiger partial charge in [-0.05, 0) is 0 Å². The van der Waals surface area contributed by atoms with Gasteiger partial charge in [-0.3, -0.25) is 0 Å². The molecular weight excluding hydrogens is 1050 g/mol. The van der Waals surface area contributed by atoms with Crippen LogP contribution in [-0.2, 0) is 0 Å². The Bertz CT molecular complexity index is 1620. The van der Waals surface area contributed by atoms with Gasteiger partial charge in [0.2, 0.25) is 0 Å². The van der Waals surface area contributed by atoms with Crippen LogP contribution in [0.15, 0.2) is 0 Å². The zero-order chi connectivity index (χ0) is 76.8. The average molecular weight is 1050 g/mol. The summed E-state index contributed by atoms with van der Waals surface area (Å²) >= 11 is 0. The van der Waals surface area contributed by atoms with Gasteiger partial charge in [0.15, 0.2) is 0 Å². The first-order valence-electron chi connectivity index (χ1n) is 32.0. The molecule has 0 aromatic heterocycles. The molecule has 0 saturated carbocycles. The number of hydrogen-bond donors (Lipinski definition) is 0. The largest absolute Gasteiger partial charge is 0.146 e. The Hall–Kier alpha value is 6.23. The molecule has 96 heteroatoms. The fraction of sp³-hybridized carbons (Fsp3) is 1.00. The predicted octanol–water partition coefficient (Wildman–Crippen LogP) is -36.2. The van der Waals surface area contributed by atoms with Gasteiger partial charge < -0.3 is 0 Å². The lowest BCUT2D eigenvalue weighted by atomic mass is 8.26. The van der Waals surface area contributed by atoms with E-state index in [0.29, 0.717) is 0 Å².